The molecule has 0 unspecified atom stereocenters. The zero-order valence-electron chi connectivity index (χ0n) is 12.2. The van der Waals surface area contributed by atoms with Crippen molar-refractivity contribution in [3.8, 4) is 0 Å². The summed E-state index contributed by atoms with van der Waals surface area (Å²) in [4.78, 5) is 11.0. The second-order valence-electron chi connectivity index (χ2n) is 6.14. The maximum Gasteiger partial charge on any atom is 0.134 e. The molecule has 1 aromatic rings. The standard InChI is InChI=1S/C14H25N5/c1-11-4-6-19(7-5-11)13-8-12(16-10-17-13)18-14(2,3)9-15/h8,10-11H,4-7,9,15H2,1-3H3,(H,16,17,18). The Kier molecular flexibility index (Phi) is 4.24. The SMILES string of the molecule is CC1CCN(c2cc(NC(C)(C)CN)ncn2)CC1. The lowest BCUT2D eigenvalue weighted by Gasteiger charge is -2.31. The average Bonchev–Trinajstić information content (AvgIpc) is 2.39. The van der Waals surface area contributed by atoms with E-state index in [1.165, 1.54) is 12.8 Å². The molecule has 0 aromatic carbocycles. The molecule has 0 saturated carbocycles. The van der Waals surface area contributed by atoms with Gasteiger partial charge in [0.25, 0.3) is 0 Å². The molecule has 2 rings (SSSR count). The fourth-order valence-corrected chi connectivity index (χ4v) is 2.22. The van der Waals surface area contributed by atoms with Gasteiger partial charge in [-0.15, -0.1) is 0 Å². The maximum atomic E-state index is 5.73. The summed E-state index contributed by atoms with van der Waals surface area (Å²) in [6.45, 7) is 9.17. The van der Waals surface area contributed by atoms with Crippen molar-refractivity contribution >= 4 is 11.6 Å². The summed E-state index contributed by atoms with van der Waals surface area (Å²) >= 11 is 0. The summed E-state index contributed by atoms with van der Waals surface area (Å²) in [5, 5.41) is 3.35. The molecular formula is C14H25N5. The molecule has 0 radical (unpaired) electrons. The molecule has 106 valence electrons. The number of nitrogens with one attached hydrogen (secondary N) is 1. The van der Waals surface area contributed by atoms with Gasteiger partial charge < -0.3 is 16.0 Å². The van der Waals surface area contributed by atoms with Crippen LogP contribution < -0.4 is 16.0 Å². The van der Waals surface area contributed by atoms with Crippen LogP contribution in [0.1, 0.15) is 33.6 Å². The second kappa shape index (κ2) is 5.74. The third-order valence-corrected chi connectivity index (χ3v) is 3.74. The van der Waals surface area contributed by atoms with Crippen LogP contribution in [0.15, 0.2) is 12.4 Å². The molecule has 0 aliphatic carbocycles. The van der Waals surface area contributed by atoms with Crippen molar-refractivity contribution in [2.75, 3.05) is 29.9 Å². The van der Waals surface area contributed by atoms with Crippen LogP contribution in [0.2, 0.25) is 0 Å². The van der Waals surface area contributed by atoms with Gasteiger partial charge in [0.2, 0.25) is 0 Å². The molecule has 5 heteroatoms. The third-order valence-electron chi connectivity index (χ3n) is 3.74. The van der Waals surface area contributed by atoms with E-state index in [-0.39, 0.29) is 5.54 Å². The molecule has 0 amide bonds. The predicted molar refractivity (Wildman–Crippen MR) is 79.4 cm³/mol. The van der Waals surface area contributed by atoms with Crippen molar-refractivity contribution in [2.45, 2.75) is 39.2 Å². The molecule has 3 N–H and O–H groups in total. The molecule has 0 atom stereocenters. The molecule has 1 fully saturated rings. The number of nitrogens with zero attached hydrogens (tertiary/aromatic N) is 3. The van der Waals surface area contributed by atoms with Gasteiger partial charge in [0.05, 0.1) is 0 Å². The van der Waals surface area contributed by atoms with Crippen LogP contribution in [0.5, 0.6) is 0 Å². The van der Waals surface area contributed by atoms with Crippen LogP contribution in [0, 0.1) is 5.92 Å². The molecule has 1 aliphatic heterocycles. The number of aromatic nitrogens is 2. The third kappa shape index (κ3) is 3.80. The monoisotopic (exact) mass is 263 g/mol. The first-order valence-electron chi connectivity index (χ1n) is 7.05. The van der Waals surface area contributed by atoms with E-state index < -0.39 is 0 Å². The van der Waals surface area contributed by atoms with Gasteiger partial charge in [-0.25, -0.2) is 9.97 Å². The first-order chi connectivity index (χ1) is 9.00. The average molecular weight is 263 g/mol. The fraction of sp³-hybridized carbons (Fsp3) is 0.714. The number of rotatable bonds is 4. The van der Waals surface area contributed by atoms with E-state index >= 15 is 0 Å². The number of piperidine rings is 1. The minimum absolute atomic E-state index is 0.151. The van der Waals surface area contributed by atoms with Crippen LogP contribution in [-0.2, 0) is 0 Å². The van der Waals surface area contributed by atoms with E-state index in [9.17, 15) is 0 Å². The highest BCUT2D eigenvalue weighted by atomic mass is 15.2. The molecule has 0 bridgehead atoms. The highest BCUT2D eigenvalue weighted by molar-refractivity contribution is 5.49. The van der Waals surface area contributed by atoms with Crippen molar-refractivity contribution in [3.05, 3.63) is 12.4 Å². The van der Waals surface area contributed by atoms with E-state index in [2.05, 4.69) is 41.0 Å². The number of anilines is 2. The molecular weight excluding hydrogens is 238 g/mol. The minimum Gasteiger partial charge on any atom is -0.364 e. The number of hydrogen-bond donors (Lipinski definition) is 2. The Labute approximate surface area is 115 Å². The molecule has 1 aromatic heterocycles. The van der Waals surface area contributed by atoms with Crippen molar-refractivity contribution in [1.82, 2.24) is 9.97 Å². The topological polar surface area (TPSA) is 67.1 Å². The molecule has 0 spiro atoms. The van der Waals surface area contributed by atoms with Gasteiger partial charge >= 0.3 is 0 Å². The van der Waals surface area contributed by atoms with Crippen LogP contribution in [0.4, 0.5) is 11.6 Å². The van der Waals surface area contributed by atoms with Crippen molar-refractivity contribution in [3.63, 3.8) is 0 Å². The predicted octanol–water partition coefficient (Wildman–Crippen LogP) is 1.86. The molecule has 1 saturated heterocycles. The van der Waals surface area contributed by atoms with Crippen LogP contribution >= 0.6 is 0 Å². The van der Waals surface area contributed by atoms with Gasteiger partial charge in [0, 0.05) is 31.2 Å². The highest BCUT2D eigenvalue weighted by Crippen LogP contribution is 2.23. The van der Waals surface area contributed by atoms with Crippen molar-refractivity contribution in [2.24, 2.45) is 11.7 Å². The molecule has 19 heavy (non-hydrogen) atoms. The Morgan fingerprint density at radius 3 is 2.68 bits per heavy atom. The lowest BCUT2D eigenvalue weighted by molar-refractivity contribution is 0.436. The Hall–Kier alpha value is -1.36. The quantitative estimate of drug-likeness (QED) is 0.868. The van der Waals surface area contributed by atoms with E-state index in [4.69, 9.17) is 5.73 Å². The zero-order valence-corrected chi connectivity index (χ0v) is 12.2. The van der Waals surface area contributed by atoms with E-state index in [0.717, 1.165) is 30.6 Å². The summed E-state index contributed by atoms with van der Waals surface area (Å²) in [7, 11) is 0. The first-order valence-corrected chi connectivity index (χ1v) is 7.05. The highest BCUT2D eigenvalue weighted by Gasteiger charge is 2.19. The van der Waals surface area contributed by atoms with Gasteiger partial charge in [-0.2, -0.15) is 0 Å². The van der Waals surface area contributed by atoms with Gasteiger partial charge in [0.15, 0.2) is 0 Å². The summed E-state index contributed by atoms with van der Waals surface area (Å²) in [6, 6.07) is 2.02. The van der Waals surface area contributed by atoms with Crippen LogP contribution in [0.3, 0.4) is 0 Å². The Balaban J connectivity index is 2.07. The van der Waals surface area contributed by atoms with E-state index in [1.807, 2.05) is 6.07 Å². The van der Waals surface area contributed by atoms with Gasteiger partial charge in [-0.1, -0.05) is 6.92 Å². The van der Waals surface area contributed by atoms with E-state index in [1.54, 1.807) is 6.33 Å². The number of nitrogens with two attached hydrogens (primary N) is 1. The van der Waals surface area contributed by atoms with Crippen LogP contribution in [0.25, 0.3) is 0 Å². The van der Waals surface area contributed by atoms with Crippen molar-refractivity contribution in [1.29, 1.82) is 0 Å². The Bertz CT molecular complexity index is 410. The van der Waals surface area contributed by atoms with Crippen LogP contribution in [-0.4, -0.2) is 35.1 Å². The smallest absolute Gasteiger partial charge is 0.134 e. The lowest BCUT2D eigenvalue weighted by Crippen LogP contribution is -2.39. The lowest BCUT2D eigenvalue weighted by atomic mass is 9.99. The minimum atomic E-state index is -0.151. The van der Waals surface area contributed by atoms with Crippen molar-refractivity contribution < 1.29 is 0 Å². The molecule has 2 heterocycles. The summed E-state index contributed by atoms with van der Waals surface area (Å²) in [6.07, 6.45) is 4.10. The molecule has 1 aliphatic rings. The number of hydrogen-bond acceptors (Lipinski definition) is 5. The van der Waals surface area contributed by atoms with E-state index in [0.29, 0.717) is 6.54 Å². The Morgan fingerprint density at radius 2 is 2.05 bits per heavy atom. The maximum absolute atomic E-state index is 5.73. The fourth-order valence-electron chi connectivity index (χ4n) is 2.22. The molecule has 5 nitrogen and oxygen atoms in total. The zero-order chi connectivity index (χ0) is 13.9. The first kappa shape index (κ1) is 14.1. The van der Waals surface area contributed by atoms with Gasteiger partial charge in [-0.3, -0.25) is 0 Å². The largest absolute Gasteiger partial charge is 0.364 e. The Morgan fingerprint density at radius 1 is 1.37 bits per heavy atom. The summed E-state index contributed by atoms with van der Waals surface area (Å²) in [5.41, 5.74) is 5.58. The summed E-state index contributed by atoms with van der Waals surface area (Å²) < 4.78 is 0. The second-order valence-corrected chi connectivity index (χ2v) is 6.14. The van der Waals surface area contributed by atoms with Gasteiger partial charge in [0.1, 0.15) is 18.0 Å². The summed E-state index contributed by atoms with van der Waals surface area (Å²) in [5.74, 6) is 2.68. The normalized spacial score (nSPS) is 17.6. The van der Waals surface area contributed by atoms with Gasteiger partial charge in [-0.05, 0) is 32.6 Å².